The molecule has 2 nitrogen and oxygen atoms in total. The molecule has 10 rings (SSSR count). The first-order chi connectivity index (χ1) is 26.7. The van der Waals surface area contributed by atoms with E-state index in [-0.39, 0.29) is 5.41 Å². The summed E-state index contributed by atoms with van der Waals surface area (Å²) in [6, 6.07) is 49.9. The van der Waals surface area contributed by atoms with E-state index in [0.29, 0.717) is 13.0 Å². The molecule has 0 heterocycles. The van der Waals surface area contributed by atoms with Crippen LogP contribution in [-0.2, 0) is 20.4 Å². The number of carbonyl (C=O) groups is 1. The molecule has 0 saturated heterocycles. The van der Waals surface area contributed by atoms with E-state index in [2.05, 4.69) is 161 Å². The third-order valence-electron chi connectivity index (χ3n) is 12.9. The van der Waals surface area contributed by atoms with Gasteiger partial charge in [0, 0.05) is 16.9 Å². The summed E-state index contributed by atoms with van der Waals surface area (Å²) in [4.78, 5) is 12.1. The average Bonchev–Trinajstić information content (AvgIpc) is 3.78. The Hall–Kier alpha value is -6.25. The smallest absolute Gasteiger partial charge is 0.330 e. The molecule has 7 aromatic carbocycles. The van der Waals surface area contributed by atoms with Crippen LogP contribution in [0.2, 0.25) is 0 Å². The molecule has 55 heavy (non-hydrogen) atoms. The molecule has 0 amide bonds. The molecule has 0 radical (unpaired) electrons. The molecule has 7 aromatic rings. The van der Waals surface area contributed by atoms with Crippen LogP contribution in [0.1, 0.15) is 55.9 Å². The molecule has 1 atom stereocenters. The molecule has 0 bridgehead atoms. The molecule has 3 aliphatic carbocycles. The van der Waals surface area contributed by atoms with Crippen molar-refractivity contribution in [2.45, 2.75) is 44.4 Å². The maximum atomic E-state index is 12.1. The highest BCUT2D eigenvalue weighted by Gasteiger charge is 2.44. The van der Waals surface area contributed by atoms with Gasteiger partial charge in [0.2, 0.25) is 0 Å². The normalized spacial score (nSPS) is 16.2. The van der Waals surface area contributed by atoms with E-state index >= 15 is 0 Å². The van der Waals surface area contributed by atoms with E-state index in [4.69, 9.17) is 11.3 Å². The Bertz CT molecular complexity index is 2780. The molecule has 1 unspecified atom stereocenters. The SMILES string of the molecule is C=CC(=O)OCCCC1(C(=C)C)c2cc(-c3ccc4c(c3)C(C)(C)c3ccccc3-4)ccc2-c2ccc(-c3ccc4c5c(cccc35)-c3ccccc3-4)cc21. The van der Waals surface area contributed by atoms with Gasteiger partial charge in [0.15, 0.2) is 0 Å². The van der Waals surface area contributed by atoms with Gasteiger partial charge < -0.3 is 4.74 Å². The van der Waals surface area contributed by atoms with Crippen LogP contribution in [0.15, 0.2) is 158 Å². The largest absolute Gasteiger partial charge is 0.463 e. The highest BCUT2D eigenvalue weighted by Crippen LogP contribution is 2.57. The maximum Gasteiger partial charge on any atom is 0.330 e. The van der Waals surface area contributed by atoms with Gasteiger partial charge in [-0.2, -0.15) is 0 Å². The quantitative estimate of drug-likeness (QED) is 0.0679. The molecule has 266 valence electrons. The van der Waals surface area contributed by atoms with Crippen molar-refractivity contribution in [3.63, 3.8) is 0 Å². The van der Waals surface area contributed by atoms with Crippen molar-refractivity contribution in [2.24, 2.45) is 0 Å². The van der Waals surface area contributed by atoms with E-state index in [1.54, 1.807) is 0 Å². The fourth-order valence-corrected chi connectivity index (χ4v) is 10.2. The number of fused-ring (bicyclic) bond motifs is 9. The first kappa shape index (κ1) is 33.3. The third kappa shape index (κ3) is 4.70. The average molecular weight is 711 g/mol. The van der Waals surface area contributed by atoms with Gasteiger partial charge in [-0.3, -0.25) is 0 Å². The van der Waals surface area contributed by atoms with Gasteiger partial charge in [-0.25, -0.2) is 4.79 Å². The molecule has 3 aliphatic rings. The second-order valence-corrected chi connectivity index (χ2v) is 16.0. The van der Waals surface area contributed by atoms with Gasteiger partial charge in [0.05, 0.1) is 6.61 Å². The molecule has 2 heteroatoms. The molecule has 0 fully saturated rings. The van der Waals surface area contributed by atoms with Gasteiger partial charge in [-0.1, -0.05) is 148 Å². The minimum Gasteiger partial charge on any atom is -0.463 e. The van der Waals surface area contributed by atoms with Crippen molar-refractivity contribution in [3.05, 3.63) is 181 Å². The monoisotopic (exact) mass is 710 g/mol. The Balaban J connectivity index is 1.12. The molecule has 0 aromatic heterocycles. The van der Waals surface area contributed by atoms with Crippen LogP contribution in [0.3, 0.4) is 0 Å². The first-order valence-corrected chi connectivity index (χ1v) is 19.4. The zero-order valence-corrected chi connectivity index (χ0v) is 31.6. The van der Waals surface area contributed by atoms with E-state index < -0.39 is 11.4 Å². The summed E-state index contributed by atoms with van der Waals surface area (Å²) >= 11 is 0. The minimum absolute atomic E-state index is 0.0823. The van der Waals surface area contributed by atoms with Crippen LogP contribution < -0.4 is 0 Å². The Morgan fingerprint density at radius 2 is 1.09 bits per heavy atom. The maximum absolute atomic E-state index is 12.1. The van der Waals surface area contributed by atoms with Crippen LogP contribution in [0, 0.1) is 0 Å². The van der Waals surface area contributed by atoms with Gasteiger partial charge >= 0.3 is 5.97 Å². The molecular formula is C53H42O2. The lowest BCUT2D eigenvalue weighted by Crippen LogP contribution is -2.27. The fraction of sp³-hybridized carbons (Fsp3) is 0.151. The Labute approximate surface area is 323 Å². The molecular weight excluding hydrogens is 669 g/mol. The van der Waals surface area contributed by atoms with Crippen LogP contribution in [0.4, 0.5) is 0 Å². The summed E-state index contributed by atoms with van der Waals surface area (Å²) < 4.78 is 5.54. The lowest BCUT2D eigenvalue weighted by molar-refractivity contribution is -0.137. The third-order valence-corrected chi connectivity index (χ3v) is 12.9. The van der Waals surface area contributed by atoms with Crippen LogP contribution in [0.25, 0.3) is 77.5 Å². The van der Waals surface area contributed by atoms with Crippen LogP contribution in [0.5, 0.6) is 0 Å². The molecule has 0 saturated carbocycles. The molecule has 0 spiro atoms. The second-order valence-electron chi connectivity index (χ2n) is 16.0. The predicted molar refractivity (Wildman–Crippen MR) is 228 cm³/mol. The van der Waals surface area contributed by atoms with Crippen LogP contribution >= 0.6 is 0 Å². The Morgan fingerprint density at radius 3 is 1.76 bits per heavy atom. The summed E-state index contributed by atoms with van der Waals surface area (Å²) in [7, 11) is 0. The first-order valence-electron chi connectivity index (χ1n) is 19.4. The van der Waals surface area contributed by atoms with Gasteiger partial charge in [0.1, 0.15) is 0 Å². The van der Waals surface area contributed by atoms with Crippen molar-refractivity contribution in [1.29, 1.82) is 0 Å². The summed E-state index contributed by atoms with van der Waals surface area (Å²) in [6.45, 7) is 15.5. The number of esters is 1. The summed E-state index contributed by atoms with van der Waals surface area (Å²) in [5.41, 5.74) is 20.9. The lowest BCUT2D eigenvalue weighted by Gasteiger charge is -2.34. The van der Waals surface area contributed by atoms with Crippen molar-refractivity contribution >= 4 is 16.7 Å². The van der Waals surface area contributed by atoms with Crippen molar-refractivity contribution < 1.29 is 9.53 Å². The van der Waals surface area contributed by atoms with Crippen molar-refractivity contribution in [3.8, 4) is 66.8 Å². The Morgan fingerprint density at radius 1 is 0.582 bits per heavy atom. The van der Waals surface area contributed by atoms with E-state index in [1.807, 2.05) is 0 Å². The van der Waals surface area contributed by atoms with E-state index in [9.17, 15) is 4.79 Å². The number of carbonyl (C=O) groups excluding carboxylic acids is 1. The number of benzene rings is 7. The fourth-order valence-electron chi connectivity index (χ4n) is 10.2. The van der Waals surface area contributed by atoms with Gasteiger partial charge in [0.25, 0.3) is 0 Å². The zero-order chi connectivity index (χ0) is 37.6. The van der Waals surface area contributed by atoms with Gasteiger partial charge in [-0.15, -0.1) is 0 Å². The second kappa shape index (κ2) is 12.1. The molecule has 0 aliphatic heterocycles. The number of hydrogen-bond donors (Lipinski definition) is 0. The molecule has 0 N–H and O–H groups in total. The number of allylic oxidation sites excluding steroid dienone is 1. The van der Waals surface area contributed by atoms with Crippen LogP contribution in [-0.4, -0.2) is 12.6 Å². The van der Waals surface area contributed by atoms with Crippen molar-refractivity contribution in [2.75, 3.05) is 6.61 Å². The number of rotatable bonds is 8. The summed E-state index contributed by atoms with van der Waals surface area (Å²) in [6.07, 6.45) is 2.68. The number of hydrogen-bond acceptors (Lipinski definition) is 2. The lowest BCUT2D eigenvalue weighted by atomic mass is 9.69. The highest BCUT2D eigenvalue weighted by atomic mass is 16.5. The minimum atomic E-state index is -0.478. The Kier molecular flexibility index (Phi) is 7.35. The van der Waals surface area contributed by atoms with Crippen molar-refractivity contribution in [1.82, 2.24) is 0 Å². The zero-order valence-electron chi connectivity index (χ0n) is 31.6. The van der Waals surface area contributed by atoms with Gasteiger partial charge in [-0.05, 0) is 138 Å². The standard InChI is InChI=1S/C53H42O2/c1-6-50(54)55-28-12-27-53(32(2)3)48-30-34(33-19-22-40-39-15-9-10-18-46(39)52(4,5)47(40)29-33)20-23-41(48)42-24-21-35(31-49(42)53)36-25-26-45-38-14-8-7-13-37(38)44-17-11-16-43(36)51(44)45/h6-11,13-26,29-31H,1-2,12,27-28H2,3-5H3. The summed E-state index contributed by atoms with van der Waals surface area (Å²) in [5, 5.41) is 2.59. The van der Waals surface area contributed by atoms with E-state index in [1.165, 1.54) is 106 Å². The summed E-state index contributed by atoms with van der Waals surface area (Å²) in [5.74, 6) is -0.392. The topological polar surface area (TPSA) is 26.3 Å². The predicted octanol–water partition coefficient (Wildman–Crippen LogP) is 13.5. The number of ether oxygens (including phenoxy) is 1. The van der Waals surface area contributed by atoms with E-state index in [0.717, 1.165) is 12.0 Å². The highest BCUT2D eigenvalue weighted by molar-refractivity contribution is 6.18.